The zero-order valence-electron chi connectivity index (χ0n) is 15.7. The molecule has 0 spiro atoms. The number of benzene rings is 2. The number of furan rings is 1. The number of amides is 1. The van der Waals surface area contributed by atoms with Crippen LogP contribution in [-0.2, 0) is 20.7 Å². The molecule has 29 heavy (non-hydrogen) atoms. The Kier molecular flexibility index (Phi) is 5.84. The van der Waals surface area contributed by atoms with Crippen molar-refractivity contribution in [3.63, 3.8) is 0 Å². The molecule has 1 amide bonds. The Bertz CT molecular complexity index is 1120. The van der Waals surface area contributed by atoms with E-state index in [9.17, 15) is 19.7 Å². The average Bonchev–Trinajstić information content (AvgIpc) is 3.08. The van der Waals surface area contributed by atoms with Crippen LogP contribution in [0.25, 0.3) is 11.0 Å². The SMILES string of the molecule is Cc1ccc2c(CC(=O)OCC(=O)Nc3ccc([N+](=O)[O-])cc3Cl)coc2c1C. The molecule has 0 saturated carbocycles. The second-order valence-electron chi connectivity index (χ2n) is 6.45. The van der Waals surface area contributed by atoms with E-state index in [2.05, 4.69) is 5.32 Å². The Labute approximate surface area is 170 Å². The van der Waals surface area contributed by atoms with Crippen molar-refractivity contribution in [2.24, 2.45) is 0 Å². The minimum absolute atomic E-state index is 0.00871. The van der Waals surface area contributed by atoms with Gasteiger partial charge in [-0.15, -0.1) is 0 Å². The number of hydrogen-bond donors (Lipinski definition) is 1. The summed E-state index contributed by atoms with van der Waals surface area (Å²) in [7, 11) is 0. The zero-order valence-corrected chi connectivity index (χ0v) is 16.4. The van der Waals surface area contributed by atoms with Gasteiger partial charge in [0.05, 0.1) is 28.3 Å². The van der Waals surface area contributed by atoms with Crippen molar-refractivity contribution in [3.8, 4) is 0 Å². The van der Waals surface area contributed by atoms with E-state index < -0.39 is 23.4 Å². The second kappa shape index (κ2) is 8.32. The first-order valence-electron chi connectivity index (χ1n) is 8.62. The summed E-state index contributed by atoms with van der Waals surface area (Å²) in [6.45, 7) is 3.40. The number of fused-ring (bicyclic) bond motifs is 1. The molecule has 3 rings (SSSR count). The highest BCUT2D eigenvalue weighted by Crippen LogP contribution is 2.28. The molecule has 9 heteroatoms. The first-order valence-corrected chi connectivity index (χ1v) is 8.99. The van der Waals surface area contributed by atoms with E-state index in [0.717, 1.165) is 28.2 Å². The Balaban J connectivity index is 1.58. The molecule has 2 aromatic carbocycles. The van der Waals surface area contributed by atoms with E-state index in [1.165, 1.54) is 18.4 Å². The fourth-order valence-corrected chi connectivity index (χ4v) is 3.01. The third-order valence-corrected chi connectivity index (χ3v) is 4.79. The molecule has 0 aliphatic heterocycles. The van der Waals surface area contributed by atoms with Crippen molar-refractivity contribution in [2.45, 2.75) is 20.3 Å². The lowest BCUT2D eigenvalue weighted by Crippen LogP contribution is -2.21. The smallest absolute Gasteiger partial charge is 0.310 e. The van der Waals surface area contributed by atoms with Gasteiger partial charge in [-0.25, -0.2) is 0 Å². The number of anilines is 1. The van der Waals surface area contributed by atoms with E-state index in [-0.39, 0.29) is 22.8 Å². The molecule has 8 nitrogen and oxygen atoms in total. The lowest BCUT2D eigenvalue weighted by molar-refractivity contribution is -0.384. The lowest BCUT2D eigenvalue weighted by atomic mass is 10.0. The van der Waals surface area contributed by atoms with Crippen LogP contribution in [0.3, 0.4) is 0 Å². The number of nitro groups is 1. The van der Waals surface area contributed by atoms with Gasteiger partial charge in [0.1, 0.15) is 5.58 Å². The van der Waals surface area contributed by atoms with Crippen LogP contribution in [0, 0.1) is 24.0 Å². The summed E-state index contributed by atoms with van der Waals surface area (Å²) in [6.07, 6.45) is 1.47. The maximum absolute atomic E-state index is 12.1. The van der Waals surface area contributed by atoms with E-state index >= 15 is 0 Å². The summed E-state index contributed by atoms with van der Waals surface area (Å²) < 4.78 is 10.6. The van der Waals surface area contributed by atoms with Crippen LogP contribution in [0.2, 0.25) is 5.02 Å². The number of ether oxygens (including phenoxy) is 1. The molecular weight excluding hydrogens is 400 g/mol. The fourth-order valence-electron chi connectivity index (χ4n) is 2.78. The van der Waals surface area contributed by atoms with Crippen molar-refractivity contribution in [2.75, 3.05) is 11.9 Å². The van der Waals surface area contributed by atoms with Crippen LogP contribution >= 0.6 is 11.6 Å². The van der Waals surface area contributed by atoms with Crippen LogP contribution in [0.4, 0.5) is 11.4 Å². The number of esters is 1. The molecular formula is C20H17ClN2O6. The molecule has 0 atom stereocenters. The molecule has 0 saturated heterocycles. The molecule has 0 radical (unpaired) electrons. The number of non-ortho nitro benzene ring substituents is 1. The number of nitro benzene ring substituents is 1. The Hall–Kier alpha value is -3.39. The monoisotopic (exact) mass is 416 g/mol. The van der Waals surface area contributed by atoms with Gasteiger partial charge in [0.15, 0.2) is 6.61 Å². The van der Waals surface area contributed by atoms with Crippen molar-refractivity contribution in [1.29, 1.82) is 0 Å². The number of hydrogen-bond acceptors (Lipinski definition) is 6. The van der Waals surface area contributed by atoms with Gasteiger partial charge in [-0.3, -0.25) is 19.7 Å². The number of carbonyl (C=O) groups excluding carboxylic acids is 2. The van der Waals surface area contributed by atoms with Crippen LogP contribution in [0.15, 0.2) is 41.0 Å². The molecule has 1 N–H and O–H groups in total. The highest BCUT2D eigenvalue weighted by molar-refractivity contribution is 6.34. The average molecular weight is 417 g/mol. The highest BCUT2D eigenvalue weighted by atomic mass is 35.5. The first kappa shape index (κ1) is 20.3. The highest BCUT2D eigenvalue weighted by Gasteiger charge is 2.16. The molecule has 0 unspecified atom stereocenters. The van der Waals surface area contributed by atoms with Crippen LogP contribution in [0.5, 0.6) is 0 Å². The van der Waals surface area contributed by atoms with Gasteiger partial charge in [-0.2, -0.15) is 0 Å². The van der Waals surface area contributed by atoms with Crippen molar-refractivity contribution in [1.82, 2.24) is 0 Å². The van der Waals surface area contributed by atoms with Gasteiger partial charge in [0.2, 0.25) is 0 Å². The van der Waals surface area contributed by atoms with E-state index in [1.807, 2.05) is 26.0 Å². The number of carbonyl (C=O) groups is 2. The van der Waals surface area contributed by atoms with Crippen LogP contribution < -0.4 is 5.32 Å². The molecule has 1 heterocycles. The number of nitrogens with one attached hydrogen (secondary N) is 1. The summed E-state index contributed by atoms with van der Waals surface area (Å²) >= 11 is 5.92. The van der Waals surface area contributed by atoms with Crippen molar-refractivity contribution < 1.29 is 23.7 Å². The number of aryl methyl sites for hydroxylation is 2. The number of rotatable bonds is 6. The summed E-state index contributed by atoms with van der Waals surface area (Å²) in [4.78, 5) is 34.2. The molecule has 0 aliphatic rings. The van der Waals surface area contributed by atoms with Gasteiger partial charge >= 0.3 is 5.97 Å². The van der Waals surface area contributed by atoms with Crippen LogP contribution in [0.1, 0.15) is 16.7 Å². The molecule has 0 bridgehead atoms. The number of halogens is 1. The minimum atomic E-state index is -0.613. The van der Waals surface area contributed by atoms with Gasteiger partial charge < -0.3 is 14.5 Å². The molecule has 150 valence electrons. The summed E-state index contributed by atoms with van der Waals surface area (Å²) in [6, 6.07) is 7.47. The molecule has 0 aliphatic carbocycles. The number of nitrogens with zero attached hydrogens (tertiary/aromatic N) is 1. The van der Waals surface area contributed by atoms with Gasteiger partial charge in [-0.1, -0.05) is 23.7 Å². The first-order chi connectivity index (χ1) is 13.8. The maximum Gasteiger partial charge on any atom is 0.310 e. The minimum Gasteiger partial charge on any atom is -0.464 e. The van der Waals surface area contributed by atoms with Gasteiger partial charge in [-0.05, 0) is 31.0 Å². The van der Waals surface area contributed by atoms with Crippen LogP contribution in [-0.4, -0.2) is 23.4 Å². The van der Waals surface area contributed by atoms with Gasteiger partial charge in [0, 0.05) is 23.1 Å². The fraction of sp³-hybridized carbons (Fsp3) is 0.200. The van der Waals surface area contributed by atoms with Crippen molar-refractivity contribution >= 4 is 45.8 Å². The zero-order chi connectivity index (χ0) is 21.1. The van der Waals surface area contributed by atoms with Gasteiger partial charge in [0.25, 0.3) is 11.6 Å². The molecule has 1 aromatic heterocycles. The lowest BCUT2D eigenvalue weighted by Gasteiger charge is -2.08. The molecule has 3 aromatic rings. The Morgan fingerprint density at radius 1 is 1.24 bits per heavy atom. The third-order valence-electron chi connectivity index (χ3n) is 4.48. The normalized spacial score (nSPS) is 10.7. The second-order valence-corrected chi connectivity index (χ2v) is 6.86. The van der Waals surface area contributed by atoms with E-state index in [4.69, 9.17) is 20.8 Å². The predicted molar refractivity (Wildman–Crippen MR) is 107 cm³/mol. The summed E-state index contributed by atoms with van der Waals surface area (Å²) in [5, 5.41) is 14.0. The van der Waals surface area contributed by atoms with Crippen molar-refractivity contribution in [3.05, 3.63) is 68.4 Å². The summed E-state index contributed by atoms with van der Waals surface area (Å²) in [5.41, 5.74) is 3.47. The Morgan fingerprint density at radius 2 is 2.00 bits per heavy atom. The predicted octanol–water partition coefficient (Wildman–Crippen LogP) is 4.34. The van der Waals surface area contributed by atoms with E-state index in [0.29, 0.717) is 5.56 Å². The largest absolute Gasteiger partial charge is 0.464 e. The van der Waals surface area contributed by atoms with E-state index in [1.54, 1.807) is 0 Å². The summed E-state index contributed by atoms with van der Waals surface area (Å²) in [5.74, 6) is -1.20. The third kappa shape index (κ3) is 4.55. The molecule has 0 fully saturated rings. The standard InChI is InChI=1S/C20H17ClN2O6/c1-11-3-5-15-13(9-29-20(15)12(11)2)7-19(25)28-10-18(24)22-17-6-4-14(23(26)27)8-16(17)21/h3-6,8-9H,7,10H2,1-2H3,(H,22,24). The maximum atomic E-state index is 12.1. The topological polar surface area (TPSA) is 112 Å². The quantitative estimate of drug-likeness (QED) is 0.363. The Morgan fingerprint density at radius 3 is 2.69 bits per heavy atom.